The number of pyridine rings is 2. The number of nitrogens with zero attached hydrogens (tertiary/aromatic N) is 3. The fourth-order valence-corrected chi connectivity index (χ4v) is 4.33. The lowest BCUT2D eigenvalue weighted by molar-refractivity contribution is 0.00603. The zero-order valence-electron chi connectivity index (χ0n) is 19.2. The molecule has 0 bridgehead atoms. The van der Waals surface area contributed by atoms with Crippen LogP contribution < -0.4 is 15.5 Å². The summed E-state index contributed by atoms with van der Waals surface area (Å²) in [6.07, 6.45) is 0.739. The van der Waals surface area contributed by atoms with Crippen LogP contribution in [0.15, 0.2) is 53.5 Å². The standard InChI is InChI=1S/C25H22F2N4O5/c1-14-12-35-19-11-30-10-17(24(33)28-9-16-7-8-18(26)29-23(16)27)21(32)22(20(30)25(34)31(14)19)36-13-15-5-3-2-4-6-15/h2-8,10,14,19H,9,11-13H2,1H3,(H,28,33)/t14-,19+/m0/s1. The molecule has 4 heterocycles. The molecule has 2 aromatic heterocycles. The van der Waals surface area contributed by atoms with Gasteiger partial charge in [0.25, 0.3) is 11.8 Å². The van der Waals surface area contributed by atoms with Crippen molar-refractivity contribution in [2.75, 3.05) is 6.61 Å². The molecule has 1 N–H and O–H groups in total. The van der Waals surface area contributed by atoms with E-state index in [2.05, 4.69) is 10.3 Å². The van der Waals surface area contributed by atoms with Crippen LogP contribution in [0.4, 0.5) is 8.78 Å². The molecule has 5 rings (SSSR count). The molecule has 11 heteroatoms. The van der Waals surface area contributed by atoms with Crippen LogP contribution in [0.25, 0.3) is 0 Å². The van der Waals surface area contributed by atoms with Gasteiger partial charge in [-0.05, 0) is 24.6 Å². The first-order valence-electron chi connectivity index (χ1n) is 11.3. The van der Waals surface area contributed by atoms with E-state index in [-0.39, 0.29) is 48.3 Å². The maximum absolute atomic E-state index is 13.9. The van der Waals surface area contributed by atoms with Crippen LogP contribution in [0.3, 0.4) is 0 Å². The summed E-state index contributed by atoms with van der Waals surface area (Å²) in [6.45, 7) is 2.07. The van der Waals surface area contributed by atoms with Gasteiger partial charge in [0.2, 0.25) is 17.3 Å². The predicted molar refractivity (Wildman–Crippen MR) is 122 cm³/mol. The summed E-state index contributed by atoms with van der Waals surface area (Å²) in [5.74, 6) is -3.54. The molecular weight excluding hydrogens is 474 g/mol. The summed E-state index contributed by atoms with van der Waals surface area (Å²) < 4.78 is 40.0. The first-order chi connectivity index (χ1) is 17.3. The molecule has 3 aromatic rings. The molecule has 2 aliphatic rings. The summed E-state index contributed by atoms with van der Waals surface area (Å²) in [5.41, 5.74) is -0.308. The molecule has 0 saturated carbocycles. The van der Waals surface area contributed by atoms with Crippen LogP contribution in [-0.4, -0.2) is 45.1 Å². The van der Waals surface area contributed by atoms with Crippen molar-refractivity contribution in [3.63, 3.8) is 0 Å². The van der Waals surface area contributed by atoms with E-state index < -0.39 is 35.4 Å². The maximum Gasteiger partial charge on any atom is 0.276 e. The molecule has 2 atom stereocenters. The van der Waals surface area contributed by atoms with Gasteiger partial charge >= 0.3 is 0 Å². The Morgan fingerprint density at radius 3 is 2.72 bits per heavy atom. The van der Waals surface area contributed by atoms with E-state index in [0.717, 1.165) is 17.7 Å². The van der Waals surface area contributed by atoms with Crippen LogP contribution in [0.2, 0.25) is 0 Å². The Morgan fingerprint density at radius 1 is 1.19 bits per heavy atom. The Labute approximate surface area is 204 Å². The minimum absolute atomic E-state index is 0.00335. The lowest BCUT2D eigenvalue weighted by Crippen LogP contribution is -2.49. The number of amides is 2. The molecule has 9 nitrogen and oxygen atoms in total. The highest BCUT2D eigenvalue weighted by Crippen LogP contribution is 2.30. The third-order valence-electron chi connectivity index (χ3n) is 6.14. The van der Waals surface area contributed by atoms with Crippen LogP contribution in [0.5, 0.6) is 5.75 Å². The number of hydrogen-bond acceptors (Lipinski definition) is 6. The van der Waals surface area contributed by atoms with Crippen molar-refractivity contribution >= 4 is 11.8 Å². The van der Waals surface area contributed by atoms with E-state index in [1.807, 2.05) is 25.1 Å². The van der Waals surface area contributed by atoms with E-state index in [1.165, 1.54) is 10.8 Å². The van der Waals surface area contributed by atoms with Crippen molar-refractivity contribution < 1.29 is 27.8 Å². The van der Waals surface area contributed by atoms with Gasteiger partial charge in [0.15, 0.2) is 17.7 Å². The monoisotopic (exact) mass is 496 g/mol. The van der Waals surface area contributed by atoms with Gasteiger partial charge in [0.05, 0.1) is 19.2 Å². The van der Waals surface area contributed by atoms with Gasteiger partial charge in [-0.3, -0.25) is 14.4 Å². The zero-order chi connectivity index (χ0) is 25.4. The topological polar surface area (TPSA) is 103 Å². The molecule has 2 amide bonds. The lowest BCUT2D eigenvalue weighted by atomic mass is 10.1. The quantitative estimate of drug-likeness (QED) is 0.525. The number of halogens is 2. The second-order valence-corrected chi connectivity index (χ2v) is 8.59. The number of rotatable bonds is 6. The molecule has 0 aliphatic carbocycles. The van der Waals surface area contributed by atoms with Gasteiger partial charge in [-0.1, -0.05) is 30.3 Å². The van der Waals surface area contributed by atoms with Crippen LogP contribution in [0, 0.1) is 11.9 Å². The third kappa shape index (κ3) is 4.33. The maximum atomic E-state index is 13.9. The molecular formula is C25H22F2N4O5. The van der Waals surface area contributed by atoms with E-state index in [1.54, 1.807) is 17.0 Å². The fourth-order valence-electron chi connectivity index (χ4n) is 4.33. The molecule has 1 saturated heterocycles. The average molecular weight is 496 g/mol. The highest BCUT2D eigenvalue weighted by molar-refractivity contribution is 5.99. The summed E-state index contributed by atoms with van der Waals surface area (Å²) in [5, 5.41) is 2.45. The van der Waals surface area contributed by atoms with Gasteiger partial charge in [-0.25, -0.2) is 0 Å². The number of nitrogens with one attached hydrogen (secondary N) is 1. The summed E-state index contributed by atoms with van der Waals surface area (Å²) in [4.78, 5) is 44.4. The van der Waals surface area contributed by atoms with Gasteiger partial charge in [-0.15, -0.1) is 0 Å². The van der Waals surface area contributed by atoms with Gasteiger partial charge in [0.1, 0.15) is 12.2 Å². The highest BCUT2D eigenvalue weighted by atomic mass is 19.1. The smallest absolute Gasteiger partial charge is 0.276 e. The van der Waals surface area contributed by atoms with Crippen LogP contribution in [-0.2, 0) is 24.4 Å². The average Bonchev–Trinajstić information content (AvgIpc) is 3.24. The number of aromatic nitrogens is 2. The van der Waals surface area contributed by atoms with E-state index in [0.29, 0.717) is 6.61 Å². The first-order valence-corrected chi connectivity index (χ1v) is 11.3. The second kappa shape index (κ2) is 9.50. The van der Waals surface area contributed by atoms with Crippen molar-refractivity contribution in [2.45, 2.75) is 38.9 Å². The van der Waals surface area contributed by atoms with Gasteiger partial charge < -0.3 is 24.3 Å². The number of benzene rings is 1. The van der Waals surface area contributed by atoms with Crippen molar-refractivity contribution in [2.24, 2.45) is 0 Å². The Hall–Kier alpha value is -4.12. The molecule has 0 spiro atoms. The molecule has 36 heavy (non-hydrogen) atoms. The minimum Gasteiger partial charge on any atom is -0.483 e. The molecule has 0 unspecified atom stereocenters. The number of carbonyl (C=O) groups excluding carboxylic acids is 2. The first kappa shape index (κ1) is 23.6. The number of carbonyl (C=O) groups is 2. The minimum atomic E-state index is -1.07. The van der Waals surface area contributed by atoms with E-state index >= 15 is 0 Å². The van der Waals surface area contributed by atoms with Crippen molar-refractivity contribution in [3.8, 4) is 5.75 Å². The largest absolute Gasteiger partial charge is 0.483 e. The Balaban J connectivity index is 1.50. The van der Waals surface area contributed by atoms with Gasteiger partial charge in [0, 0.05) is 18.3 Å². The van der Waals surface area contributed by atoms with Crippen molar-refractivity contribution in [1.29, 1.82) is 0 Å². The molecule has 0 radical (unpaired) electrons. The van der Waals surface area contributed by atoms with E-state index in [4.69, 9.17) is 9.47 Å². The van der Waals surface area contributed by atoms with E-state index in [9.17, 15) is 23.2 Å². The van der Waals surface area contributed by atoms with Crippen molar-refractivity contribution in [1.82, 2.24) is 19.8 Å². The highest BCUT2D eigenvalue weighted by Gasteiger charge is 2.43. The molecule has 2 aliphatic heterocycles. The number of ether oxygens (including phenoxy) is 2. The van der Waals surface area contributed by atoms with Crippen LogP contribution in [0.1, 0.15) is 38.9 Å². The fraction of sp³-hybridized carbons (Fsp3) is 0.280. The normalized spacial score (nSPS) is 18.5. The summed E-state index contributed by atoms with van der Waals surface area (Å²) in [6, 6.07) is 11.0. The number of hydrogen-bond donors (Lipinski definition) is 1. The molecule has 186 valence electrons. The van der Waals surface area contributed by atoms with Crippen LogP contribution >= 0.6 is 0 Å². The Morgan fingerprint density at radius 2 is 1.97 bits per heavy atom. The predicted octanol–water partition coefficient (Wildman–Crippen LogP) is 2.23. The Kier molecular flexibility index (Phi) is 6.23. The Bertz CT molecular complexity index is 1400. The lowest BCUT2D eigenvalue weighted by Gasteiger charge is -2.34. The molecule has 1 fully saturated rings. The molecule has 1 aromatic carbocycles. The summed E-state index contributed by atoms with van der Waals surface area (Å²) >= 11 is 0. The third-order valence-corrected chi connectivity index (χ3v) is 6.14. The SMILES string of the molecule is C[C@H]1CO[C@@H]2Cn3cc(C(=O)NCc4ccc(F)nc4F)c(=O)c(OCc4ccccc4)c3C(=O)N12. The second-order valence-electron chi connectivity index (χ2n) is 8.59. The van der Waals surface area contributed by atoms with Crippen molar-refractivity contribution in [3.05, 3.63) is 93.2 Å². The number of fused-ring (bicyclic) bond motifs is 2. The van der Waals surface area contributed by atoms with Gasteiger partial charge in [-0.2, -0.15) is 13.8 Å². The summed E-state index contributed by atoms with van der Waals surface area (Å²) in [7, 11) is 0. The zero-order valence-corrected chi connectivity index (χ0v) is 19.2.